The Kier molecular flexibility index (Phi) is 7.67. The normalized spacial score (nSPS) is 15.3. The van der Waals surface area contributed by atoms with Crippen molar-refractivity contribution in [2.75, 3.05) is 13.7 Å². The molecule has 0 N–H and O–H groups in total. The maximum absolute atomic E-state index is 5.10. The van der Waals surface area contributed by atoms with Crippen molar-refractivity contribution in [3.05, 3.63) is 82.9 Å². The maximum atomic E-state index is 5.10. The molecule has 3 rings (SSSR count). The second-order valence-corrected chi connectivity index (χ2v) is 7.47. The summed E-state index contributed by atoms with van der Waals surface area (Å²) in [5.41, 5.74) is 4.93. The lowest BCUT2D eigenvalue weighted by molar-refractivity contribution is 0.193. The second-order valence-electron chi connectivity index (χ2n) is 6.38. The van der Waals surface area contributed by atoms with E-state index in [9.17, 15) is 0 Å². The van der Waals surface area contributed by atoms with Gasteiger partial charge in [0, 0.05) is 43.1 Å². The van der Waals surface area contributed by atoms with E-state index in [0.29, 0.717) is 0 Å². The summed E-state index contributed by atoms with van der Waals surface area (Å²) >= 11 is 1.94. The number of allylic oxidation sites excluding steroid dienone is 1. The molecule has 1 unspecified atom stereocenters. The van der Waals surface area contributed by atoms with Crippen LogP contribution in [0.2, 0.25) is 0 Å². The molecule has 1 aliphatic heterocycles. The van der Waals surface area contributed by atoms with Crippen LogP contribution in [0, 0.1) is 23.7 Å². The number of benzene rings is 2. The predicted molar refractivity (Wildman–Crippen MR) is 115 cm³/mol. The average molecular weight is 373 g/mol. The highest BCUT2D eigenvalue weighted by Gasteiger charge is 2.24. The van der Waals surface area contributed by atoms with Gasteiger partial charge in [0.1, 0.15) is 0 Å². The molecule has 1 atom stereocenters. The van der Waals surface area contributed by atoms with Crippen molar-refractivity contribution >= 4 is 11.8 Å². The first kappa shape index (κ1) is 19.4. The van der Waals surface area contributed by atoms with Gasteiger partial charge in [-0.2, -0.15) is 0 Å². The highest BCUT2D eigenvalue weighted by molar-refractivity contribution is 7.99. The SMILES string of the molecule is COCCCCC#C/C(=C\C#Cc1ccccc1)C1SCc2ccccc21. The summed E-state index contributed by atoms with van der Waals surface area (Å²) in [6, 6.07) is 18.8. The molecule has 0 saturated carbocycles. The van der Waals surface area contributed by atoms with Gasteiger partial charge in [0.25, 0.3) is 0 Å². The molecular formula is C25H24OS. The van der Waals surface area contributed by atoms with E-state index in [0.717, 1.165) is 42.8 Å². The lowest BCUT2D eigenvalue weighted by atomic mass is 10.00. The van der Waals surface area contributed by atoms with Crippen molar-refractivity contribution in [2.24, 2.45) is 0 Å². The third-order valence-corrected chi connectivity index (χ3v) is 5.70. The third kappa shape index (κ3) is 5.80. The Labute approximate surface area is 167 Å². The van der Waals surface area contributed by atoms with Gasteiger partial charge in [-0.25, -0.2) is 0 Å². The van der Waals surface area contributed by atoms with Gasteiger partial charge in [0.05, 0.1) is 5.25 Å². The minimum atomic E-state index is 0.290. The zero-order valence-electron chi connectivity index (χ0n) is 15.7. The van der Waals surface area contributed by atoms with E-state index in [1.165, 1.54) is 11.1 Å². The van der Waals surface area contributed by atoms with Crippen molar-refractivity contribution in [3.63, 3.8) is 0 Å². The van der Waals surface area contributed by atoms with Crippen LogP contribution in [0.15, 0.2) is 66.2 Å². The highest BCUT2D eigenvalue weighted by atomic mass is 32.2. The summed E-state index contributed by atoms with van der Waals surface area (Å²) in [5, 5.41) is 0.290. The van der Waals surface area contributed by atoms with E-state index in [-0.39, 0.29) is 5.25 Å². The van der Waals surface area contributed by atoms with Gasteiger partial charge < -0.3 is 4.74 Å². The Morgan fingerprint density at radius 1 is 1.11 bits per heavy atom. The zero-order chi connectivity index (χ0) is 18.7. The minimum absolute atomic E-state index is 0.290. The van der Waals surface area contributed by atoms with E-state index >= 15 is 0 Å². The van der Waals surface area contributed by atoms with Crippen LogP contribution in [0.4, 0.5) is 0 Å². The standard InChI is InChI=1S/C25H24OS/c1-26-19-10-3-2-7-15-22(17-11-14-21-12-5-4-6-13-21)25-24-18-9-8-16-23(24)20-27-25/h4-6,8-9,12-13,16-18,25H,2-3,10,19-20H2,1H3/b22-17+. The van der Waals surface area contributed by atoms with Crippen LogP contribution in [0.1, 0.15) is 41.2 Å². The molecule has 27 heavy (non-hydrogen) atoms. The summed E-state index contributed by atoms with van der Waals surface area (Å²) < 4.78 is 5.10. The lowest BCUT2D eigenvalue weighted by Crippen LogP contribution is -1.94. The van der Waals surface area contributed by atoms with Crippen LogP contribution in [-0.2, 0) is 10.5 Å². The number of unbranched alkanes of at least 4 members (excludes halogenated alkanes) is 2. The monoisotopic (exact) mass is 372 g/mol. The Balaban J connectivity index is 1.78. The molecular weight excluding hydrogens is 348 g/mol. The fraction of sp³-hybridized carbons (Fsp3) is 0.280. The van der Waals surface area contributed by atoms with E-state index in [1.54, 1.807) is 7.11 Å². The zero-order valence-corrected chi connectivity index (χ0v) is 16.5. The first-order valence-corrected chi connectivity index (χ1v) is 10.4. The number of hydrogen-bond donors (Lipinski definition) is 0. The molecule has 0 amide bonds. The van der Waals surface area contributed by atoms with Gasteiger partial charge in [-0.1, -0.05) is 66.1 Å². The minimum Gasteiger partial charge on any atom is -0.385 e. The molecule has 2 heteroatoms. The summed E-state index contributed by atoms with van der Waals surface area (Å²) in [6.07, 6.45) is 5.03. The first-order valence-electron chi connectivity index (χ1n) is 9.32. The van der Waals surface area contributed by atoms with Crippen LogP contribution >= 0.6 is 11.8 Å². The number of methoxy groups -OCH3 is 1. The Bertz CT molecular complexity index is 890. The molecule has 0 radical (unpaired) electrons. The van der Waals surface area contributed by atoms with Crippen molar-refractivity contribution in [3.8, 4) is 23.7 Å². The summed E-state index contributed by atoms with van der Waals surface area (Å²) in [5.74, 6) is 14.2. The molecule has 2 aromatic carbocycles. The molecule has 1 aliphatic rings. The quantitative estimate of drug-likeness (QED) is 0.486. The van der Waals surface area contributed by atoms with Crippen molar-refractivity contribution in [2.45, 2.75) is 30.3 Å². The van der Waals surface area contributed by atoms with Gasteiger partial charge in [0.15, 0.2) is 0 Å². The number of ether oxygens (including phenoxy) is 1. The predicted octanol–water partition coefficient (Wildman–Crippen LogP) is 5.77. The fourth-order valence-electron chi connectivity index (χ4n) is 2.96. The van der Waals surface area contributed by atoms with Crippen molar-refractivity contribution in [1.82, 2.24) is 0 Å². The van der Waals surface area contributed by atoms with Crippen LogP contribution in [0.5, 0.6) is 0 Å². The first-order chi connectivity index (χ1) is 13.4. The molecule has 0 aliphatic carbocycles. The maximum Gasteiger partial charge on any atom is 0.0638 e. The molecule has 0 saturated heterocycles. The molecule has 0 aromatic heterocycles. The van der Waals surface area contributed by atoms with E-state index in [1.807, 2.05) is 48.2 Å². The number of hydrogen-bond acceptors (Lipinski definition) is 2. The fourth-order valence-corrected chi connectivity index (χ4v) is 4.29. The van der Waals surface area contributed by atoms with E-state index in [2.05, 4.69) is 47.9 Å². The van der Waals surface area contributed by atoms with Gasteiger partial charge in [-0.3, -0.25) is 0 Å². The van der Waals surface area contributed by atoms with Crippen LogP contribution in [0.3, 0.4) is 0 Å². The van der Waals surface area contributed by atoms with E-state index < -0.39 is 0 Å². The highest BCUT2D eigenvalue weighted by Crippen LogP contribution is 2.45. The molecule has 0 bridgehead atoms. The molecule has 136 valence electrons. The van der Waals surface area contributed by atoms with Gasteiger partial charge in [0.2, 0.25) is 0 Å². The number of rotatable bonds is 5. The molecule has 2 aromatic rings. The summed E-state index contributed by atoms with van der Waals surface area (Å²) in [6.45, 7) is 0.804. The molecule has 1 heterocycles. The van der Waals surface area contributed by atoms with Crippen LogP contribution in [0.25, 0.3) is 0 Å². The van der Waals surface area contributed by atoms with E-state index in [4.69, 9.17) is 4.74 Å². The van der Waals surface area contributed by atoms with Gasteiger partial charge >= 0.3 is 0 Å². The molecule has 0 spiro atoms. The van der Waals surface area contributed by atoms with Crippen molar-refractivity contribution < 1.29 is 4.74 Å². The smallest absolute Gasteiger partial charge is 0.0638 e. The molecule has 0 fully saturated rings. The Morgan fingerprint density at radius 3 is 2.78 bits per heavy atom. The second kappa shape index (κ2) is 10.7. The van der Waals surface area contributed by atoms with Crippen molar-refractivity contribution in [1.29, 1.82) is 0 Å². The topological polar surface area (TPSA) is 9.23 Å². The number of thioether (sulfide) groups is 1. The molecule has 1 nitrogen and oxygen atoms in total. The largest absolute Gasteiger partial charge is 0.385 e. The summed E-state index contributed by atoms with van der Waals surface area (Å²) in [7, 11) is 1.74. The average Bonchev–Trinajstić information content (AvgIpc) is 3.14. The lowest BCUT2D eigenvalue weighted by Gasteiger charge is -2.09. The van der Waals surface area contributed by atoms with Crippen LogP contribution < -0.4 is 0 Å². The van der Waals surface area contributed by atoms with Crippen LogP contribution in [-0.4, -0.2) is 13.7 Å². The third-order valence-electron chi connectivity index (χ3n) is 4.38. The Hall–Kier alpha value is -2.39. The van der Waals surface area contributed by atoms with Gasteiger partial charge in [-0.05, 0) is 36.1 Å². The Morgan fingerprint density at radius 2 is 1.93 bits per heavy atom. The number of fused-ring (bicyclic) bond motifs is 1. The summed E-state index contributed by atoms with van der Waals surface area (Å²) in [4.78, 5) is 0. The van der Waals surface area contributed by atoms with Gasteiger partial charge in [-0.15, -0.1) is 11.8 Å².